The van der Waals surface area contributed by atoms with Gasteiger partial charge in [0.1, 0.15) is 10.6 Å². The van der Waals surface area contributed by atoms with E-state index in [9.17, 15) is 26.4 Å². The van der Waals surface area contributed by atoms with Crippen LogP contribution in [0.5, 0.6) is 5.75 Å². The Morgan fingerprint density at radius 3 is 2.39 bits per heavy atom. The summed E-state index contributed by atoms with van der Waals surface area (Å²) in [5, 5.41) is 4.16. The zero-order valence-electron chi connectivity index (χ0n) is 17.3. The molecule has 2 aromatic rings. The second kappa shape index (κ2) is 8.50. The highest BCUT2D eigenvalue weighted by molar-refractivity contribution is 7.89. The molecule has 0 unspecified atom stereocenters. The fourth-order valence-corrected chi connectivity index (χ4v) is 5.49. The molecule has 12 heteroatoms. The number of alkyl halides is 3. The number of ether oxygens (including phenoxy) is 1. The van der Waals surface area contributed by atoms with E-state index in [0.717, 1.165) is 6.07 Å². The molecule has 170 valence electrons. The molecule has 31 heavy (non-hydrogen) atoms. The molecule has 0 saturated carbocycles. The lowest BCUT2D eigenvalue weighted by Crippen LogP contribution is -2.38. The van der Waals surface area contributed by atoms with E-state index in [1.165, 1.54) is 32.1 Å². The summed E-state index contributed by atoms with van der Waals surface area (Å²) in [7, 11) is -2.18. The van der Waals surface area contributed by atoms with Crippen molar-refractivity contribution < 1.29 is 31.1 Å². The minimum Gasteiger partial charge on any atom is -0.405 e. The van der Waals surface area contributed by atoms with Crippen molar-refractivity contribution in [1.29, 1.82) is 0 Å². The van der Waals surface area contributed by atoms with Gasteiger partial charge in [-0.3, -0.25) is 9.48 Å². The maximum atomic E-state index is 13.2. The summed E-state index contributed by atoms with van der Waals surface area (Å²) >= 11 is 0. The molecule has 3 rings (SSSR count). The van der Waals surface area contributed by atoms with Crippen molar-refractivity contribution in [2.75, 3.05) is 26.2 Å². The Morgan fingerprint density at radius 2 is 1.77 bits per heavy atom. The van der Waals surface area contributed by atoms with Gasteiger partial charge in [0, 0.05) is 33.2 Å². The second-order valence-electron chi connectivity index (χ2n) is 7.22. The van der Waals surface area contributed by atoms with E-state index in [1.54, 1.807) is 20.9 Å². The molecular formula is C19H23F3N4O4S. The molecule has 8 nitrogen and oxygen atoms in total. The van der Waals surface area contributed by atoms with E-state index in [1.807, 2.05) is 0 Å². The van der Waals surface area contributed by atoms with Crippen LogP contribution in [0.3, 0.4) is 0 Å². The van der Waals surface area contributed by atoms with Crippen molar-refractivity contribution in [1.82, 2.24) is 19.0 Å². The number of aromatic nitrogens is 2. The van der Waals surface area contributed by atoms with Crippen LogP contribution in [-0.2, 0) is 17.1 Å². The minimum absolute atomic E-state index is 0.0180. The first-order valence-electron chi connectivity index (χ1n) is 9.56. The lowest BCUT2D eigenvalue weighted by Gasteiger charge is -2.23. The van der Waals surface area contributed by atoms with E-state index in [2.05, 4.69) is 9.84 Å². The molecule has 1 amide bonds. The molecule has 0 N–H and O–H groups in total. The normalized spacial score (nSPS) is 16.3. The zero-order chi connectivity index (χ0) is 23.0. The lowest BCUT2D eigenvalue weighted by molar-refractivity contribution is -0.274. The van der Waals surface area contributed by atoms with Gasteiger partial charge in [0.15, 0.2) is 0 Å². The Balaban J connectivity index is 1.80. The van der Waals surface area contributed by atoms with Crippen molar-refractivity contribution in [3.63, 3.8) is 0 Å². The standard InChI is InChI=1S/C19H23F3N4O4S/c1-13-17(14(2)24(3)23-13)31(28,29)26-10-6-9-25(11-12-26)18(27)15-7-4-5-8-16(15)30-19(20,21)22/h4-5,7-8H,6,9-12H2,1-3H3. The van der Waals surface area contributed by atoms with Crippen LogP contribution < -0.4 is 4.74 Å². The number of nitrogens with zero attached hydrogens (tertiary/aromatic N) is 4. The van der Waals surface area contributed by atoms with Crippen molar-refractivity contribution in [3.05, 3.63) is 41.2 Å². The number of amides is 1. The van der Waals surface area contributed by atoms with Gasteiger partial charge in [-0.2, -0.15) is 9.40 Å². The smallest absolute Gasteiger partial charge is 0.405 e. The van der Waals surface area contributed by atoms with Gasteiger partial charge >= 0.3 is 6.36 Å². The van der Waals surface area contributed by atoms with Gasteiger partial charge in [-0.1, -0.05) is 12.1 Å². The van der Waals surface area contributed by atoms with E-state index in [4.69, 9.17) is 0 Å². The molecule has 1 aliphatic rings. The molecule has 1 saturated heterocycles. The number of carbonyl (C=O) groups is 1. The Hall–Kier alpha value is -2.60. The van der Waals surface area contributed by atoms with Crippen LogP contribution in [0.25, 0.3) is 0 Å². The van der Waals surface area contributed by atoms with E-state index < -0.39 is 28.0 Å². The summed E-state index contributed by atoms with van der Waals surface area (Å²) in [6.45, 7) is 3.72. The Labute approximate surface area is 178 Å². The zero-order valence-corrected chi connectivity index (χ0v) is 18.1. The Bertz CT molecular complexity index is 1080. The van der Waals surface area contributed by atoms with E-state index >= 15 is 0 Å². The third-order valence-electron chi connectivity index (χ3n) is 5.13. The van der Waals surface area contributed by atoms with Crippen LogP contribution in [0.4, 0.5) is 13.2 Å². The van der Waals surface area contributed by atoms with Crippen LogP contribution in [0, 0.1) is 13.8 Å². The van der Waals surface area contributed by atoms with Gasteiger partial charge in [0.2, 0.25) is 10.0 Å². The Kier molecular flexibility index (Phi) is 6.33. The maximum absolute atomic E-state index is 13.2. The van der Waals surface area contributed by atoms with E-state index in [0.29, 0.717) is 17.8 Å². The molecular weight excluding hydrogens is 437 g/mol. The first-order valence-corrected chi connectivity index (χ1v) is 11.0. The molecule has 1 aliphatic heterocycles. The van der Waals surface area contributed by atoms with Crippen molar-refractivity contribution in [2.24, 2.45) is 7.05 Å². The largest absolute Gasteiger partial charge is 0.573 e. The molecule has 1 aromatic carbocycles. The Morgan fingerprint density at radius 1 is 1.10 bits per heavy atom. The number of carbonyl (C=O) groups excluding carboxylic acids is 1. The number of hydrogen-bond donors (Lipinski definition) is 0. The van der Waals surface area contributed by atoms with E-state index in [-0.39, 0.29) is 36.6 Å². The number of hydrogen-bond acceptors (Lipinski definition) is 5. The minimum atomic E-state index is -4.93. The number of sulfonamides is 1. The average molecular weight is 460 g/mol. The number of aryl methyl sites for hydroxylation is 2. The third-order valence-corrected chi connectivity index (χ3v) is 7.28. The molecule has 0 spiro atoms. The molecule has 1 fully saturated rings. The first-order chi connectivity index (χ1) is 14.4. The van der Waals surface area contributed by atoms with Gasteiger partial charge < -0.3 is 9.64 Å². The maximum Gasteiger partial charge on any atom is 0.573 e. The summed E-state index contributed by atoms with van der Waals surface area (Å²) in [4.78, 5) is 14.4. The number of benzene rings is 1. The highest BCUT2D eigenvalue weighted by Crippen LogP contribution is 2.28. The number of rotatable bonds is 4. The quantitative estimate of drug-likeness (QED) is 0.700. The summed E-state index contributed by atoms with van der Waals surface area (Å²) < 4.78 is 71.1. The van der Waals surface area contributed by atoms with Gasteiger partial charge in [-0.15, -0.1) is 13.2 Å². The van der Waals surface area contributed by atoms with Crippen molar-refractivity contribution in [2.45, 2.75) is 31.5 Å². The highest BCUT2D eigenvalue weighted by Gasteiger charge is 2.35. The summed E-state index contributed by atoms with van der Waals surface area (Å²) in [5.74, 6) is -1.23. The molecule has 0 atom stereocenters. The van der Waals surface area contributed by atoms with Crippen molar-refractivity contribution in [3.8, 4) is 5.75 Å². The van der Waals surface area contributed by atoms with Crippen LogP contribution in [0.1, 0.15) is 28.2 Å². The molecule has 0 aliphatic carbocycles. The fraction of sp³-hybridized carbons (Fsp3) is 0.474. The molecule has 1 aromatic heterocycles. The second-order valence-corrected chi connectivity index (χ2v) is 9.09. The van der Waals surface area contributed by atoms with Crippen LogP contribution in [0.15, 0.2) is 29.2 Å². The summed E-state index contributed by atoms with van der Waals surface area (Å²) in [6, 6.07) is 5.11. The number of para-hydroxylation sites is 1. The van der Waals surface area contributed by atoms with Crippen LogP contribution >= 0.6 is 0 Å². The van der Waals surface area contributed by atoms with Gasteiger partial charge in [-0.25, -0.2) is 8.42 Å². The van der Waals surface area contributed by atoms with Crippen LogP contribution in [0.2, 0.25) is 0 Å². The van der Waals surface area contributed by atoms with Gasteiger partial charge in [0.25, 0.3) is 5.91 Å². The average Bonchev–Trinajstić information content (AvgIpc) is 2.85. The molecule has 0 bridgehead atoms. The fourth-order valence-electron chi connectivity index (χ4n) is 3.62. The predicted octanol–water partition coefficient (Wildman–Crippen LogP) is 2.47. The first kappa shape index (κ1) is 23.1. The summed E-state index contributed by atoms with van der Waals surface area (Å²) in [6.07, 6.45) is -4.59. The van der Waals surface area contributed by atoms with Crippen molar-refractivity contribution >= 4 is 15.9 Å². The molecule has 2 heterocycles. The summed E-state index contributed by atoms with van der Waals surface area (Å²) in [5.41, 5.74) is 0.665. The van der Waals surface area contributed by atoms with Gasteiger partial charge in [0.05, 0.1) is 17.0 Å². The third kappa shape index (κ3) is 4.85. The monoisotopic (exact) mass is 460 g/mol. The SMILES string of the molecule is Cc1nn(C)c(C)c1S(=O)(=O)N1CCCN(C(=O)c2ccccc2OC(F)(F)F)CC1. The predicted molar refractivity (Wildman–Crippen MR) is 105 cm³/mol. The highest BCUT2D eigenvalue weighted by atomic mass is 32.2. The topological polar surface area (TPSA) is 84.7 Å². The number of halogens is 3. The van der Waals surface area contributed by atoms with Crippen LogP contribution in [-0.4, -0.2) is 65.9 Å². The lowest BCUT2D eigenvalue weighted by atomic mass is 10.1. The van der Waals surface area contributed by atoms with Gasteiger partial charge in [-0.05, 0) is 32.4 Å². The molecule has 0 radical (unpaired) electrons.